The summed E-state index contributed by atoms with van der Waals surface area (Å²) in [5.74, 6) is 1.00. The molecule has 1 N–H and O–H groups in total. The fourth-order valence-electron chi connectivity index (χ4n) is 3.62. The Bertz CT molecular complexity index is 892. The van der Waals surface area contributed by atoms with Gasteiger partial charge in [0.25, 0.3) is 5.91 Å². The van der Waals surface area contributed by atoms with Crippen molar-refractivity contribution in [1.82, 2.24) is 15.1 Å². The first kappa shape index (κ1) is 22.6. The molecule has 0 bridgehead atoms. The molecule has 3 rings (SSSR count). The van der Waals surface area contributed by atoms with Gasteiger partial charge in [0.1, 0.15) is 0 Å². The first-order chi connectivity index (χ1) is 15.0. The summed E-state index contributed by atoms with van der Waals surface area (Å²) in [7, 11) is 3.10. The predicted octanol–water partition coefficient (Wildman–Crippen LogP) is 2.48. The number of hydrogen-bond donors (Lipinski definition) is 1. The number of piperazine rings is 1. The molecule has 1 fully saturated rings. The van der Waals surface area contributed by atoms with Crippen molar-refractivity contribution in [2.24, 2.45) is 0 Å². The Kier molecular flexibility index (Phi) is 7.89. The van der Waals surface area contributed by atoms with E-state index in [1.54, 1.807) is 37.3 Å². The van der Waals surface area contributed by atoms with E-state index < -0.39 is 0 Å². The van der Waals surface area contributed by atoms with Crippen LogP contribution in [0.1, 0.15) is 27.9 Å². The molecule has 0 radical (unpaired) electrons. The number of ether oxygens (including phenoxy) is 2. The maximum Gasteiger partial charge on any atom is 0.254 e. The van der Waals surface area contributed by atoms with E-state index >= 15 is 0 Å². The quantitative estimate of drug-likeness (QED) is 0.704. The van der Waals surface area contributed by atoms with Gasteiger partial charge in [0, 0.05) is 51.3 Å². The number of methoxy groups -OCH3 is 2. The normalized spacial score (nSPS) is 13.6. The molecule has 7 heteroatoms. The molecule has 0 unspecified atom stereocenters. The molecule has 166 valence electrons. The van der Waals surface area contributed by atoms with Crippen LogP contribution in [0, 0.1) is 6.92 Å². The van der Waals surface area contributed by atoms with E-state index in [-0.39, 0.29) is 11.8 Å². The second kappa shape index (κ2) is 10.8. The zero-order valence-corrected chi connectivity index (χ0v) is 18.5. The van der Waals surface area contributed by atoms with Gasteiger partial charge >= 0.3 is 0 Å². The van der Waals surface area contributed by atoms with Crippen LogP contribution in [0.5, 0.6) is 11.5 Å². The van der Waals surface area contributed by atoms with Gasteiger partial charge in [-0.05, 0) is 30.7 Å². The van der Waals surface area contributed by atoms with E-state index in [2.05, 4.69) is 5.32 Å². The summed E-state index contributed by atoms with van der Waals surface area (Å²) in [6.45, 7) is 5.85. The molecule has 1 saturated heterocycles. The second-order valence-corrected chi connectivity index (χ2v) is 7.66. The van der Waals surface area contributed by atoms with Crippen LogP contribution in [-0.2, 0) is 11.3 Å². The van der Waals surface area contributed by atoms with Gasteiger partial charge in [0.2, 0.25) is 5.91 Å². The molecule has 1 aliphatic rings. The van der Waals surface area contributed by atoms with Crippen LogP contribution in [0.25, 0.3) is 0 Å². The number of hydrogen-bond acceptors (Lipinski definition) is 5. The van der Waals surface area contributed by atoms with Crippen LogP contribution in [-0.4, -0.2) is 68.6 Å². The van der Waals surface area contributed by atoms with Crippen molar-refractivity contribution in [3.8, 4) is 11.5 Å². The zero-order valence-electron chi connectivity index (χ0n) is 18.5. The Morgan fingerprint density at radius 1 is 1.00 bits per heavy atom. The summed E-state index contributed by atoms with van der Waals surface area (Å²) in [6, 6.07) is 13.2. The average molecular weight is 426 g/mol. The van der Waals surface area contributed by atoms with Gasteiger partial charge < -0.3 is 24.6 Å². The molecule has 0 saturated carbocycles. The van der Waals surface area contributed by atoms with E-state index in [4.69, 9.17) is 9.47 Å². The van der Waals surface area contributed by atoms with Gasteiger partial charge in [0.15, 0.2) is 11.5 Å². The van der Waals surface area contributed by atoms with Crippen molar-refractivity contribution in [1.29, 1.82) is 0 Å². The van der Waals surface area contributed by atoms with Crippen LogP contribution >= 0.6 is 0 Å². The van der Waals surface area contributed by atoms with Crippen molar-refractivity contribution in [2.45, 2.75) is 19.9 Å². The predicted molar refractivity (Wildman–Crippen MR) is 120 cm³/mol. The molecule has 1 aliphatic heterocycles. The van der Waals surface area contributed by atoms with Gasteiger partial charge in [-0.2, -0.15) is 0 Å². The van der Waals surface area contributed by atoms with Crippen molar-refractivity contribution >= 4 is 11.8 Å². The highest BCUT2D eigenvalue weighted by molar-refractivity contribution is 5.95. The molecule has 0 spiro atoms. The van der Waals surface area contributed by atoms with E-state index in [9.17, 15) is 9.59 Å². The number of carbonyl (C=O) groups is 2. The monoisotopic (exact) mass is 425 g/mol. The maximum absolute atomic E-state index is 13.4. The van der Waals surface area contributed by atoms with Crippen molar-refractivity contribution < 1.29 is 19.1 Å². The molecular weight excluding hydrogens is 394 g/mol. The highest BCUT2D eigenvalue weighted by Gasteiger charge is 2.22. The van der Waals surface area contributed by atoms with E-state index in [1.807, 2.05) is 36.1 Å². The first-order valence-corrected chi connectivity index (χ1v) is 10.6. The fraction of sp³-hybridized carbons (Fsp3) is 0.417. The Morgan fingerprint density at radius 3 is 2.32 bits per heavy atom. The topological polar surface area (TPSA) is 71.1 Å². The highest BCUT2D eigenvalue weighted by Crippen LogP contribution is 2.28. The third-order valence-electron chi connectivity index (χ3n) is 5.48. The third-order valence-corrected chi connectivity index (χ3v) is 5.48. The van der Waals surface area contributed by atoms with Gasteiger partial charge in [-0.3, -0.25) is 9.59 Å². The summed E-state index contributed by atoms with van der Waals surface area (Å²) < 4.78 is 10.6. The Morgan fingerprint density at radius 2 is 1.68 bits per heavy atom. The van der Waals surface area contributed by atoms with Gasteiger partial charge in [-0.1, -0.05) is 29.8 Å². The number of rotatable bonds is 8. The second-order valence-electron chi connectivity index (χ2n) is 7.66. The fourth-order valence-corrected chi connectivity index (χ4v) is 3.62. The zero-order chi connectivity index (χ0) is 22.2. The lowest BCUT2D eigenvalue weighted by Crippen LogP contribution is -2.47. The minimum atomic E-state index is -0.144. The van der Waals surface area contributed by atoms with Gasteiger partial charge in [-0.25, -0.2) is 0 Å². The summed E-state index contributed by atoms with van der Waals surface area (Å²) in [4.78, 5) is 29.6. The standard InChI is InChI=1S/C24H31N3O4/c1-18-4-6-19(7-5-18)17-27(13-10-23(28)26-14-11-25-12-15-26)24(29)20-8-9-21(30-2)22(16-20)31-3/h4-9,16,25H,10-15,17H2,1-3H3. The number of nitrogens with zero attached hydrogens (tertiary/aromatic N) is 2. The van der Waals surface area contributed by atoms with Crippen LogP contribution in [0.15, 0.2) is 42.5 Å². The molecule has 0 aromatic heterocycles. The number of amides is 2. The van der Waals surface area contributed by atoms with Crippen LogP contribution in [0.4, 0.5) is 0 Å². The smallest absolute Gasteiger partial charge is 0.254 e. The van der Waals surface area contributed by atoms with Gasteiger partial charge in [-0.15, -0.1) is 0 Å². The summed E-state index contributed by atoms with van der Waals surface area (Å²) in [6.07, 6.45) is 0.297. The summed E-state index contributed by atoms with van der Waals surface area (Å²) >= 11 is 0. The average Bonchev–Trinajstić information content (AvgIpc) is 2.82. The minimum Gasteiger partial charge on any atom is -0.493 e. The Hall–Kier alpha value is -3.06. The SMILES string of the molecule is COc1ccc(C(=O)N(CCC(=O)N2CCNCC2)Cc2ccc(C)cc2)cc1OC. The summed E-state index contributed by atoms with van der Waals surface area (Å²) in [5, 5.41) is 3.25. The minimum absolute atomic E-state index is 0.0792. The maximum atomic E-state index is 13.4. The van der Waals surface area contributed by atoms with Crippen LogP contribution < -0.4 is 14.8 Å². The number of aryl methyl sites for hydroxylation is 1. The lowest BCUT2D eigenvalue weighted by atomic mass is 10.1. The molecule has 2 aromatic carbocycles. The van der Waals surface area contributed by atoms with Crippen LogP contribution in [0.3, 0.4) is 0 Å². The van der Waals surface area contributed by atoms with Crippen LogP contribution in [0.2, 0.25) is 0 Å². The Labute approximate surface area is 183 Å². The van der Waals surface area contributed by atoms with Crippen molar-refractivity contribution in [3.63, 3.8) is 0 Å². The van der Waals surface area contributed by atoms with E-state index in [0.717, 1.165) is 24.2 Å². The largest absolute Gasteiger partial charge is 0.493 e. The molecular formula is C24H31N3O4. The van der Waals surface area contributed by atoms with E-state index in [0.29, 0.717) is 49.7 Å². The molecule has 31 heavy (non-hydrogen) atoms. The highest BCUT2D eigenvalue weighted by atomic mass is 16.5. The van der Waals surface area contributed by atoms with Crippen molar-refractivity contribution in [3.05, 3.63) is 59.2 Å². The lowest BCUT2D eigenvalue weighted by molar-refractivity contribution is -0.132. The van der Waals surface area contributed by atoms with Crippen molar-refractivity contribution in [2.75, 3.05) is 46.9 Å². The van der Waals surface area contributed by atoms with E-state index in [1.165, 1.54) is 0 Å². The lowest BCUT2D eigenvalue weighted by Gasteiger charge is -2.29. The number of nitrogens with one attached hydrogen (secondary N) is 1. The molecule has 7 nitrogen and oxygen atoms in total. The summed E-state index contributed by atoms with van der Waals surface area (Å²) in [5.41, 5.74) is 2.68. The number of carbonyl (C=O) groups excluding carboxylic acids is 2. The molecule has 2 aromatic rings. The first-order valence-electron chi connectivity index (χ1n) is 10.6. The molecule has 0 atom stereocenters. The third kappa shape index (κ3) is 5.98. The molecule has 1 heterocycles. The Balaban J connectivity index is 1.77. The van der Waals surface area contributed by atoms with Gasteiger partial charge in [0.05, 0.1) is 14.2 Å². The molecule has 0 aliphatic carbocycles. The molecule has 2 amide bonds. The number of benzene rings is 2.